The third kappa shape index (κ3) is 11.3. The van der Waals surface area contributed by atoms with Crippen molar-refractivity contribution in [3.63, 3.8) is 0 Å². The van der Waals surface area contributed by atoms with Crippen LogP contribution in [0.4, 0.5) is 0 Å². The van der Waals surface area contributed by atoms with Crippen LogP contribution in [0.5, 0.6) is 0 Å². The van der Waals surface area contributed by atoms with Gasteiger partial charge in [0.1, 0.15) is 23.9 Å². The molecule has 3 heterocycles. The lowest BCUT2D eigenvalue weighted by Crippen LogP contribution is -2.62. The van der Waals surface area contributed by atoms with Crippen LogP contribution in [0.3, 0.4) is 0 Å². The number of aliphatic hydroxyl groups excluding tert-OH is 3. The fraction of sp³-hybridized carbons (Fsp3) is 0.841. The number of rotatable bonds is 10. The highest BCUT2D eigenvalue weighted by Crippen LogP contribution is 2.41. The molecule has 0 radical (unpaired) electrons. The Bertz CT molecular complexity index is 1710. The van der Waals surface area contributed by atoms with Crippen molar-refractivity contribution in [1.29, 1.82) is 0 Å². The van der Waals surface area contributed by atoms with E-state index >= 15 is 0 Å². The van der Waals surface area contributed by atoms with Gasteiger partial charge in [0.25, 0.3) is 0 Å². The lowest BCUT2D eigenvalue weighted by Gasteiger charge is -2.49. The zero-order valence-corrected chi connectivity index (χ0v) is 39.5. The predicted molar refractivity (Wildman–Crippen MR) is 227 cm³/mol. The molecule has 16 nitrogen and oxygen atoms in total. The van der Waals surface area contributed by atoms with Gasteiger partial charge in [-0.3, -0.25) is 4.79 Å². The molecule has 4 rings (SSSR count). The SMILES string of the molecule is CC[C@H]1OC(=O)[C@H](C)[C@@H](O[C@H]2C[C@@](C)(OC)[C@@H](O)[C@H](C)O2)[C@H](C)[C@@H](O[C@@H]2O[C@H](C)C[C@H](N(C)C)[C@H]2O)[C@](C)(O)C[C@@H](C)[C@H](NS(=O)(=O)c2ccccc2C)[C@H](C)[C@@H](O)[C@]1(C)O. The van der Waals surface area contributed by atoms with Gasteiger partial charge in [0.05, 0.1) is 52.5 Å². The summed E-state index contributed by atoms with van der Waals surface area (Å²) >= 11 is 0. The number of carbonyl (C=O) groups is 1. The quantitative estimate of drug-likeness (QED) is 0.186. The summed E-state index contributed by atoms with van der Waals surface area (Å²) in [5.74, 6) is -4.59. The Morgan fingerprint density at radius 2 is 1.54 bits per heavy atom. The number of methoxy groups -OCH3 is 1. The predicted octanol–water partition coefficient (Wildman–Crippen LogP) is 2.87. The van der Waals surface area contributed by atoms with Gasteiger partial charge in [-0.25, -0.2) is 13.1 Å². The van der Waals surface area contributed by atoms with Crippen molar-refractivity contribution >= 4 is 16.0 Å². The number of nitrogens with one attached hydrogen (secondary N) is 1. The van der Waals surface area contributed by atoms with Gasteiger partial charge in [0.15, 0.2) is 12.6 Å². The van der Waals surface area contributed by atoms with Crippen molar-refractivity contribution in [3.8, 4) is 0 Å². The Balaban J connectivity index is 1.91. The average Bonchev–Trinajstić information content (AvgIpc) is 3.18. The Morgan fingerprint density at radius 3 is 2.11 bits per heavy atom. The molecule has 3 aliphatic heterocycles. The van der Waals surface area contributed by atoms with Crippen LogP contribution in [0.25, 0.3) is 0 Å². The van der Waals surface area contributed by atoms with Crippen LogP contribution in [0, 0.1) is 30.6 Å². The molecule has 0 spiro atoms. The molecule has 19 atom stereocenters. The average molecular weight is 889 g/mol. The van der Waals surface area contributed by atoms with E-state index in [1.54, 1.807) is 73.6 Å². The van der Waals surface area contributed by atoms with Crippen molar-refractivity contribution in [2.24, 2.45) is 23.7 Å². The fourth-order valence-corrected chi connectivity index (χ4v) is 11.6. The minimum absolute atomic E-state index is 0.0235. The van der Waals surface area contributed by atoms with E-state index in [2.05, 4.69) is 4.72 Å². The number of esters is 1. The normalized spacial score (nSPS) is 45.0. The van der Waals surface area contributed by atoms with Gasteiger partial charge >= 0.3 is 5.97 Å². The topological polar surface area (TPSA) is 223 Å². The fourth-order valence-electron chi connectivity index (χ4n) is 9.93. The smallest absolute Gasteiger partial charge is 0.311 e. The molecule has 3 fully saturated rings. The second-order valence-corrected chi connectivity index (χ2v) is 20.8. The summed E-state index contributed by atoms with van der Waals surface area (Å²) in [5, 5.41) is 59.8. The monoisotopic (exact) mass is 889 g/mol. The molecule has 3 saturated heterocycles. The number of hydrogen-bond acceptors (Lipinski definition) is 15. The number of likely N-dealkylation sites (N-methyl/N-ethyl adjacent to an activating group) is 1. The van der Waals surface area contributed by atoms with Crippen LogP contribution in [0.1, 0.15) is 100 Å². The minimum atomic E-state index is -4.25. The zero-order valence-electron chi connectivity index (χ0n) is 38.6. The second-order valence-electron chi connectivity index (χ2n) is 19.1. The van der Waals surface area contributed by atoms with Gasteiger partial charge in [-0.1, -0.05) is 45.9 Å². The highest BCUT2D eigenvalue weighted by atomic mass is 32.2. The zero-order chi connectivity index (χ0) is 46.2. The van der Waals surface area contributed by atoms with Crippen LogP contribution in [-0.2, 0) is 43.2 Å². The van der Waals surface area contributed by atoms with Crippen molar-refractivity contribution in [2.75, 3.05) is 21.2 Å². The first kappa shape index (κ1) is 51.8. The summed E-state index contributed by atoms with van der Waals surface area (Å²) < 4.78 is 68.9. The van der Waals surface area contributed by atoms with E-state index in [0.29, 0.717) is 12.0 Å². The van der Waals surface area contributed by atoms with E-state index in [4.69, 9.17) is 28.4 Å². The van der Waals surface area contributed by atoms with Crippen molar-refractivity contribution < 1.29 is 67.2 Å². The van der Waals surface area contributed by atoms with Gasteiger partial charge in [0.2, 0.25) is 10.0 Å². The van der Waals surface area contributed by atoms with Crippen molar-refractivity contribution in [3.05, 3.63) is 29.8 Å². The number of sulfonamides is 1. The Kier molecular flexibility index (Phi) is 17.1. The molecule has 1 aromatic rings. The number of cyclic esters (lactones) is 1. The van der Waals surface area contributed by atoms with Gasteiger partial charge in [-0.05, 0) is 99.4 Å². The molecule has 17 heteroatoms. The molecule has 6 N–H and O–H groups in total. The maximum Gasteiger partial charge on any atom is 0.311 e. The number of hydrogen-bond donors (Lipinski definition) is 6. The third-order valence-electron chi connectivity index (χ3n) is 13.8. The van der Waals surface area contributed by atoms with Gasteiger partial charge in [0, 0.05) is 37.5 Å². The van der Waals surface area contributed by atoms with E-state index in [-0.39, 0.29) is 36.3 Å². The summed E-state index contributed by atoms with van der Waals surface area (Å²) in [6.45, 7) is 18.2. The Morgan fingerprint density at radius 1 is 0.918 bits per heavy atom. The molecule has 0 bridgehead atoms. The first-order chi connectivity index (χ1) is 28.1. The first-order valence-electron chi connectivity index (χ1n) is 21.7. The number of nitrogens with zero attached hydrogens (tertiary/aromatic N) is 1. The van der Waals surface area contributed by atoms with Gasteiger partial charge in [-0.15, -0.1) is 0 Å². The summed E-state index contributed by atoms with van der Waals surface area (Å²) in [6.07, 6.45) is -10.4. The van der Waals surface area contributed by atoms with E-state index in [0.717, 1.165) is 0 Å². The van der Waals surface area contributed by atoms with Gasteiger partial charge < -0.3 is 58.9 Å². The van der Waals surface area contributed by atoms with Crippen LogP contribution in [0.15, 0.2) is 29.2 Å². The molecule has 3 aliphatic rings. The van der Waals surface area contributed by atoms with Crippen LogP contribution < -0.4 is 4.72 Å². The Labute approximate surface area is 363 Å². The highest BCUT2D eigenvalue weighted by molar-refractivity contribution is 7.89. The molecule has 0 aromatic heterocycles. The lowest BCUT2D eigenvalue weighted by molar-refractivity contribution is -0.318. The van der Waals surface area contributed by atoms with E-state index in [1.165, 1.54) is 27.0 Å². The lowest BCUT2D eigenvalue weighted by atomic mass is 9.72. The van der Waals surface area contributed by atoms with E-state index in [9.17, 15) is 38.7 Å². The highest BCUT2D eigenvalue weighted by Gasteiger charge is 2.54. The molecule has 352 valence electrons. The molecule has 0 aliphatic carbocycles. The minimum Gasteiger partial charge on any atom is -0.459 e. The van der Waals surface area contributed by atoms with Crippen LogP contribution in [-0.4, -0.2) is 156 Å². The standard InChI is InChI=1S/C44H76N2O14S/c1-15-32-44(11,52)37(48)26(5)34(45-61(53,54)31-19-17-16-18-23(31)2)24(3)21-42(9,51)39(60-41-35(47)30(46(12)13)20-25(4)56-41)27(6)36(28(7)40(50)58-32)59-33-22-43(10,55-14)38(49)29(8)57-33/h16-19,24-30,32-39,41,45,47-49,51-52H,15,20-22H2,1-14H3/t24-,25-,26+,27+,28-,29+,30+,32-,33+,34+,35-,36+,37-,38+,39-,41+,42-,43-,44-/m1/s1. The van der Waals surface area contributed by atoms with Crippen LogP contribution >= 0.6 is 0 Å². The van der Waals surface area contributed by atoms with E-state index < -0.39 is 118 Å². The maximum atomic E-state index is 14.4. The van der Waals surface area contributed by atoms with Crippen molar-refractivity contribution in [1.82, 2.24) is 9.62 Å². The first-order valence-corrected chi connectivity index (χ1v) is 23.2. The van der Waals surface area contributed by atoms with E-state index in [1.807, 2.05) is 25.9 Å². The van der Waals surface area contributed by atoms with Crippen molar-refractivity contribution in [2.45, 2.75) is 197 Å². The van der Waals surface area contributed by atoms with Crippen LogP contribution in [0.2, 0.25) is 0 Å². The molecule has 1 aromatic carbocycles. The number of aryl methyl sites for hydroxylation is 1. The second kappa shape index (κ2) is 20.1. The number of aliphatic hydroxyl groups is 5. The summed E-state index contributed by atoms with van der Waals surface area (Å²) in [7, 11) is 0.906. The Hall–Kier alpha value is -1.84. The largest absolute Gasteiger partial charge is 0.459 e. The summed E-state index contributed by atoms with van der Waals surface area (Å²) in [4.78, 5) is 16.3. The molecular formula is C44H76N2O14S. The van der Waals surface area contributed by atoms with Gasteiger partial charge in [-0.2, -0.15) is 0 Å². The molecule has 61 heavy (non-hydrogen) atoms. The maximum absolute atomic E-state index is 14.4. The summed E-state index contributed by atoms with van der Waals surface area (Å²) in [5.41, 5.74) is -4.56. The molecule has 0 amide bonds. The third-order valence-corrected chi connectivity index (χ3v) is 15.4. The number of carbonyl (C=O) groups excluding carboxylic acids is 1. The summed E-state index contributed by atoms with van der Waals surface area (Å²) in [6, 6.07) is 4.99. The number of benzene rings is 1. The number of ether oxygens (including phenoxy) is 6. The molecule has 0 unspecified atom stereocenters. The molecule has 0 saturated carbocycles. The molecular weight excluding hydrogens is 813 g/mol.